The number of carbonyl (C=O) groups excluding carboxylic acids is 3. The monoisotopic (exact) mass is 599 g/mol. The number of sulfonamides is 1. The molecule has 0 spiro atoms. The molecule has 3 rings (SSSR count). The quantitative estimate of drug-likeness (QED) is 0.301. The van der Waals surface area contributed by atoms with E-state index in [0.717, 1.165) is 11.3 Å². The summed E-state index contributed by atoms with van der Waals surface area (Å²) in [5, 5.41) is 19.4. The summed E-state index contributed by atoms with van der Waals surface area (Å²) in [6.07, 6.45) is 1.92. The number of thiophene rings is 1. The zero-order chi connectivity index (χ0) is 30.1. The lowest BCUT2D eigenvalue weighted by Crippen LogP contribution is -2.61. The number of carboxylic acid groups (broad SMARTS) is 1. The number of carbonyl (C=O) groups is 4. The van der Waals surface area contributed by atoms with Crippen LogP contribution < -0.4 is 16.0 Å². The van der Waals surface area contributed by atoms with Gasteiger partial charge in [0.2, 0.25) is 11.8 Å². The number of likely N-dealkylation sites (N-methyl/N-ethyl adjacent to an activating group) is 1. The Morgan fingerprint density at radius 2 is 1.95 bits per heavy atom. The molecule has 1 aliphatic carbocycles. The predicted octanol–water partition coefficient (Wildman–Crippen LogP) is 1.83. The second-order valence-electron chi connectivity index (χ2n) is 11.9. The van der Waals surface area contributed by atoms with Crippen molar-refractivity contribution in [3.05, 3.63) is 17.5 Å². The van der Waals surface area contributed by atoms with Gasteiger partial charge in [-0.25, -0.2) is 18.0 Å². The molecule has 224 valence electrons. The standard InChI is InChI=1S/C26H41N5O7S2/c1-7-17-14-26(17,22(34)35)29-21(33)25(5)11-9-12-31(25)19(32)15-27-23(36)28-18(24(2,3)4)16-30(6)40(37,38)20-10-8-13-39-20/h8,10,13,17-18H,7,9,11-12,14-16H2,1-6H3,(H,29,33)(H,34,35)(H2,27,28,36)/t17?,18?,25?,26-/m1/s1. The predicted molar refractivity (Wildman–Crippen MR) is 150 cm³/mol. The molecule has 1 saturated heterocycles. The van der Waals surface area contributed by atoms with Crippen molar-refractivity contribution >= 4 is 45.2 Å². The number of carboxylic acids is 1. The summed E-state index contributed by atoms with van der Waals surface area (Å²) >= 11 is 1.11. The van der Waals surface area contributed by atoms with Crippen molar-refractivity contribution in [1.82, 2.24) is 25.2 Å². The first-order valence-corrected chi connectivity index (χ1v) is 15.7. The van der Waals surface area contributed by atoms with Crippen LogP contribution in [0, 0.1) is 11.3 Å². The maximum Gasteiger partial charge on any atom is 0.329 e. The van der Waals surface area contributed by atoms with E-state index < -0.39 is 56.4 Å². The summed E-state index contributed by atoms with van der Waals surface area (Å²) in [5.41, 5.74) is -3.03. The lowest BCUT2D eigenvalue weighted by atomic mass is 9.87. The molecule has 3 unspecified atom stereocenters. The number of rotatable bonds is 11. The molecule has 2 fully saturated rings. The lowest BCUT2D eigenvalue weighted by Gasteiger charge is -2.36. The van der Waals surface area contributed by atoms with Crippen molar-refractivity contribution in [2.24, 2.45) is 11.3 Å². The van der Waals surface area contributed by atoms with E-state index in [9.17, 15) is 32.7 Å². The van der Waals surface area contributed by atoms with Gasteiger partial charge in [0.1, 0.15) is 15.3 Å². The van der Waals surface area contributed by atoms with Crippen molar-refractivity contribution in [3.63, 3.8) is 0 Å². The third-order valence-corrected chi connectivity index (χ3v) is 11.3. The molecule has 2 aliphatic rings. The smallest absolute Gasteiger partial charge is 0.329 e. The van der Waals surface area contributed by atoms with Crippen LogP contribution in [-0.4, -0.2) is 90.3 Å². The molecule has 1 aliphatic heterocycles. The van der Waals surface area contributed by atoms with Gasteiger partial charge in [-0.15, -0.1) is 11.3 Å². The van der Waals surface area contributed by atoms with E-state index in [0.29, 0.717) is 32.2 Å². The Morgan fingerprint density at radius 3 is 2.48 bits per heavy atom. The van der Waals surface area contributed by atoms with Crippen molar-refractivity contribution < 1.29 is 32.7 Å². The highest BCUT2D eigenvalue weighted by Gasteiger charge is 2.62. The third-order valence-electron chi connectivity index (χ3n) is 8.10. The van der Waals surface area contributed by atoms with Gasteiger partial charge in [0.05, 0.1) is 6.54 Å². The Morgan fingerprint density at radius 1 is 1.27 bits per heavy atom. The van der Waals surface area contributed by atoms with Crippen LogP contribution in [0.3, 0.4) is 0 Å². The maximum atomic E-state index is 13.2. The van der Waals surface area contributed by atoms with Crippen LogP contribution >= 0.6 is 11.3 Å². The zero-order valence-electron chi connectivity index (χ0n) is 23.9. The van der Waals surface area contributed by atoms with Crippen LogP contribution in [-0.2, 0) is 24.4 Å². The molecule has 1 aromatic rings. The van der Waals surface area contributed by atoms with Crippen LogP contribution in [0.2, 0.25) is 0 Å². The molecule has 2 heterocycles. The van der Waals surface area contributed by atoms with E-state index in [1.165, 1.54) is 22.3 Å². The van der Waals surface area contributed by atoms with E-state index in [1.54, 1.807) is 18.4 Å². The summed E-state index contributed by atoms with van der Waals surface area (Å²) in [6.45, 7) is 9.04. The molecule has 0 radical (unpaired) electrons. The minimum absolute atomic E-state index is 0.0134. The highest BCUT2D eigenvalue weighted by molar-refractivity contribution is 7.91. The second-order valence-corrected chi connectivity index (χ2v) is 15.1. The summed E-state index contributed by atoms with van der Waals surface area (Å²) in [5.74, 6) is -2.21. The van der Waals surface area contributed by atoms with Gasteiger partial charge in [-0.05, 0) is 49.0 Å². The number of likely N-dealkylation sites (tertiary alicyclic amines) is 1. The molecule has 4 amide bonds. The largest absolute Gasteiger partial charge is 0.479 e. The lowest BCUT2D eigenvalue weighted by molar-refractivity contribution is -0.148. The summed E-state index contributed by atoms with van der Waals surface area (Å²) < 4.78 is 27.2. The molecule has 40 heavy (non-hydrogen) atoms. The van der Waals surface area contributed by atoms with Gasteiger partial charge in [-0.2, -0.15) is 4.31 Å². The highest BCUT2D eigenvalue weighted by Crippen LogP contribution is 2.46. The molecule has 12 nitrogen and oxygen atoms in total. The average Bonchev–Trinajstić information content (AvgIpc) is 3.19. The van der Waals surface area contributed by atoms with Gasteiger partial charge in [-0.3, -0.25) is 9.59 Å². The minimum Gasteiger partial charge on any atom is -0.479 e. The fourth-order valence-electron chi connectivity index (χ4n) is 5.14. The minimum atomic E-state index is -3.72. The van der Waals surface area contributed by atoms with E-state index in [1.807, 2.05) is 27.7 Å². The van der Waals surface area contributed by atoms with Gasteiger partial charge in [0.25, 0.3) is 10.0 Å². The van der Waals surface area contributed by atoms with Gasteiger partial charge in [0.15, 0.2) is 0 Å². The summed E-state index contributed by atoms with van der Waals surface area (Å²) in [7, 11) is -2.27. The molecule has 1 aromatic heterocycles. The van der Waals surface area contributed by atoms with Crippen molar-refractivity contribution in [1.29, 1.82) is 0 Å². The first-order valence-electron chi connectivity index (χ1n) is 13.4. The molecule has 4 atom stereocenters. The van der Waals surface area contributed by atoms with Gasteiger partial charge >= 0.3 is 12.0 Å². The normalized spacial score (nSPS) is 25.4. The molecule has 1 saturated carbocycles. The Kier molecular flexibility index (Phi) is 9.26. The SMILES string of the molecule is CCC1C[C@]1(NC(=O)C1(C)CCCN1C(=O)CNC(=O)NC(CN(C)S(=O)(=O)c1cccs1)C(C)(C)C)C(=O)O. The van der Waals surface area contributed by atoms with Crippen molar-refractivity contribution in [3.8, 4) is 0 Å². The molecular formula is C26H41N5O7S2. The fourth-order valence-corrected chi connectivity index (χ4v) is 7.53. The number of nitrogens with one attached hydrogen (secondary N) is 3. The van der Waals surface area contributed by atoms with Crippen LogP contribution in [0.15, 0.2) is 21.7 Å². The number of urea groups is 1. The Hall–Kier alpha value is -2.71. The number of hydrogen-bond donors (Lipinski definition) is 4. The van der Waals surface area contributed by atoms with E-state index in [4.69, 9.17) is 0 Å². The van der Waals surface area contributed by atoms with Crippen LogP contribution in [0.4, 0.5) is 4.79 Å². The number of hydrogen-bond acceptors (Lipinski definition) is 7. The number of amides is 4. The van der Waals surface area contributed by atoms with Crippen LogP contribution in [0.1, 0.15) is 60.3 Å². The Balaban J connectivity index is 1.61. The Bertz CT molecular complexity index is 1230. The van der Waals surface area contributed by atoms with E-state index in [2.05, 4.69) is 16.0 Å². The molecule has 14 heteroatoms. The molecule has 4 N–H and O–H groups in total. The van der Waals surface area contributed by atoms with Crippen LogP contribution in [0.5, 0.6) is 0 Å². The molecule has 0 aromatic carbocycles. The number of aliphatic carboxylic acids is 1. The molecular weight excluding hydrogens is 558 g/mol. The first-order chi connectivity index (χ1) is 18.5. The van der Waals surface area contributed by atoms with Crippen LogP contribution in [0.25, 0.3) is 0 Å². The third kappa shape index (κ3) is 6.44. The summed E-state index contributed by atoms with van der Waals surface area (Å²) in [6, 6.07) is 1.95. The highest BCUT2D eigenvalue weighted by atomic mass is 32.2. The van der Waals surface area contributed by atoms with Gasteiger partial charge < -0.3 is 26.0 Å². The fraction of sp³-hybridized carbons (Fsp3) is 0.692. The zero-order valence-corrected chi connectivity index (χ0v) is 25.6. The number of nitrogens with zero attached hydrogens (tertiary/aromatic N) is 2. The van der Waals surface area contributed by atoms with Crippen molar-refractivity contribution in [2.45, 2.75) is 81.6 Å². The maximum absolute atomic E-state index is 13.2. The van der Waals surface area contributed by atoms with Gasteiger partial charge in [-0.1, -0.05) is 40.2 Å². The summed E-state index contributed by atoms with van der Waals surface area (Å²) in [4.78, 5) is 52.4. The van der Waals surface area contributed by atoms with Gasteiger partial charge in [0, 0.05) is 26.2 Å². The second kappa shape index (κ2) is 11.6. The van der Waals surface area contributed by atoms with Crippen molar-refractivity contribution in [2.75, 3.05) is 26.7 Å². The topological polar surface area (TPSA) is 165 Å². The van der Waals surface area contributed by atoms with E-state index in [-0.39, 0.29) is 23.2 Å². The first kappa shape index (κ1) is 31.8. The molecule has 0 bridgehead atoms. The Labute approximate surface area is 239 Å². The van der Waals surface area contributed by atoms with E-state index >= 15 is 0 Å². The average molecular weight is 600 g/mol.